The molecule has 1 unspecified atom stereocenters. The summed E-state index contributed by atoms with van der Waals surface area (Å²) in [7, 11) is 0. The minimum absolute atomic E-state index is 0.102. The first kappa shape index (κ1) is 32.1. The number of carbonyl (C=O) groups excluding carboxylic acids is 2. The molecule has 2 fully saturated rings. The average molecular weight is 651 g/mol. The van der Waals surface area contributed by atoms with E-state index < -0.39 is 17.5 Å². The maximum atomic E-state index is 13.0. The maximum absolute atomic E-state index is 13.0. The molecule has 0 saturated carbocycles. The number of likely N-dealkylation sites (tertiary alicyclic amines) is 1. The Morgan fingerprint density at radius 1 is 0.977 bits per heavy atom. The lowest BCUT2D eigenvalue weighted by Crippen LogP contribution is -2.55. The molecular formula is C32H32Cl2F3N3O4. The number of para-hydroxylation sites is 1. The summed E-state index contributed by atoms with van der Waals surface area (Å²) < 4.78 is 48.4. The lowest BCUT2D eigenvalue weighted by atomic mass is 9.80. The molecule has 234 valence electrons. The Bertz CT molecular complexity index is 1480. The normalized spacial score (nSPS) is 20.8. The van der Waals surface area contributed by atoms with Gasteiger partial charge in [0.25, 0.3) is 5.91 Å². The van der Waals surface area contributed by atoms with Gasteiger partial charge in [0.05, 0.1) is 22.1 Å². The van der Waals surface area contributed by atoms with Crippen LogP contribution in [0.3, 0.4) is 0 Å². The number of alkyl halides is 3. The highest BCUT2D eigenvalue weighted by Crippen LogP contribution is 2.40. The second-order valence-electron chi connectivity index (χ2n) is 11.2. The zero-order valence-corrected chi connectivity index (χ0v) is 25.5. The molecule has 2 heterocycles. The summed E-state index contributed by atoms with van der Waals surface area (Å²) in [4.78, 5) is 29.2. The van der Waals surface area contributed by atoms with Crippen LogP contribution in [0.4, 0.5) is 18.9 Å². The Morgan fingerprint density at radius 3 is 2.25 bits per heavy atom. The van der Waals surface area contributed by atoms with E-state index in [1.54, 1.807) is 29.2 Å². The molecule has 1 N–H and O–H groups in total. The Hall–Kier alpha value is -3.31. The van der Waals surface area contributed by atoms with Gasteiger partial charge in [-0.1, -0.05) is 59.6 Å². The van der Waals surface area contributed by atoms with Crippen molar-refractivity contribution < 1.29 is 32.2 Å². The number of benzene rings is 3. The molecule has 0 aromatic heterocycles. The number of ether oxygens (including phenoxy) is 2. The zero-order chi connectivity index (χ0) is 31.5. The van der Waals surface area contributed by atoms with E-state index in [1.165, 1.54) is 19.1 Å². The molecule has 3 aromatic carbocycles. The highest BCUT2D eigenvalue weighted by Gasteiger charge is 2.43. The van der Waals surface area contributed by atoms with Crippen LogP contribution >= 0.6 is 23.2 Å². The standard InChI is InChI=1S/C32H32Cl2F3N3O4/c1-22(41)38-30(23-7-10-26(11-8-23)44-32(35,36)37)13-16-39(17-14-30)18-15-31(24-9-12-27(33)28(34)19-24)21-40(29(42)20-43-31)25-5-3-2-4-6-25/h2-12,19H,13-18,20-21H2,1H3,(H,38,41). The monoisotopic (exact) mass is 649 g/mol. The Kier molecular flexibility index (Phi) is 9.46. The van der Waals surface area contributed by atoms with Gasteiger partial charge in [-0.3, -0.25) is 9.59 Å². The van der Waals surface area contributed by atoms with Gasteiger partial charge in [-0.05, 0) is 66.8 Å². The second-order valence-corrected chi connectivity index (χ2v) is 12.0. The molecule has 3 aromatic rings. The van der Waals surface area contributed by atoms with Crippen LogP contribution < -0.4 is 15.0 Å². The largest absolute Gasteiger partial charge is 0.573 e. The Morgan fingerprint density at radius 2 is 1.64 bits per heavy atom. The number of anilines is 1. The van der Waals surface area contributed by atoms with Gasteiger partial charge in [-0.15, -0.1) is 13.2 Å². The molecular weight excluding hydrogens is 618 g/mol. The molecule has 0 bridgehead atoms. The lowest BCUT2D eigenvalue weighted by molar-refractivity contribution is -0.274. The summed E-state index contributed by atoms with van der Waals surface area (Å²) in [6.07, 6.45) is -3.16. The van der Waals surface area contributed by atoms with Crippen molar-refractivity contribution in [1.29, 1.82) is 0 Å². The highest BCUT2D eigenvalue weighted by atomic mass is 35.5. The number of morpholine rings is 1. The predicted molar refractivity (Wildman–Crippen MR) is 162 cm³/mol. The summed E-state index contributed by atoms with van der Waals surface area (Å²) in [5, 5.41) is 3.86. The van der Waals surface area contributed by atoms with Crippen LogP contribution in [0.5, 0.6) is 5.75 Å². The number of nitrogens with one attached hydrogen (secondary N) is 1. The van der Waals surface area contributed by atoms with Crippen molar-refractivity contribution in [2.45, 2.75) is 43.7 Å². The average Bonchev–Trinajstić information content (AvgIpc) is 2.99. The van der Waals surface area contributed by atoms with Gasteiger partial charge in [0, 0.05) is 32.2 Å². The zero-order valence-electron chi connectivity index (χ0n) is 24.0. The number of rotatable bonds is 8. The molecule has 2 saturated heterocycles. The molecule has 0 spiro atoms. The summed E-state index contributed by atoms with van der Waals surface area (Å²) in [5.74, 6) is -0.690. The second kappa shape index (κ2) is 13.0. The van der Waals surface area contributed by atoms with E-state index in [2.05, 4.69) is 15.0 Å². The fourth-order valence-electron chi connectivity index (χ4n) is 6.06. The molecule has 12 heteroatoms. The van der Waals surface area contributed by atoms with Gasteiger partial charge in [0.15, 0.2) is 0 Å². The van der Waals surface area contributed by atoms with Crippen LogP contribution in [-0.2, 0) is 25.5 Å². The topological polar surface area (TPSA) is 71.1 Å². The third-order valence-electron chi connectivity index (χ3n) is 8.30. The van der Waals surface area contributed by atoms with Gasteiger partial charge in [-0.25, -0.2) is 0 Å². The summed E-state index contributed by atoms with van der Waals surface area (Å²) >= 11 is 12.7. The molecule has 2 aliphatic heterocycles. The molecule has 2 amide bonds. The number of amides is 2. The Balaban J connectivity index is 1.34. The summed E-state index contributed by atoms with van der Waals surface area (Å²) in [6.45, 7) is 3.44. The van der Waals surface area contributed by atoms with Gasteiger partial charge in [0.1, 0.15) is 18.0 Å². The minimum atomic E-state index is -4.79. The molecule has 1 atom stereocenters. The molecule has 7 nitrogen and oxygen atoms in total. The first-order valence-electron chi connectivity index (χ1n) is 14.2. The van der Waals surface area contributed by atoms with Crippen LogP contribution in [0.15, 0.2) is 72.8 Å². The fourth-order valence-corrected chi connectivity index (χ4v) is 6.35. The number of halogens is 5. The van der Waals surface area contributed by atoms with Crippen LogP contribution in [0.25, 0.3) is 0 Å². The van der Waals surface area contributed by atoms with E-state index >= 15 is 0 Å². The highest BCUT2D eigenvalue weighted by molar-refractivity contribution is 6.42. The predicted octanol–water partition coefficient (Wildman–Crippen LogP) is 6.67. The first-order valence-corrected chi connectivity index (χ1v) is 15.0. The van der Waals surface area contributed by atoms with Crippen molar-refractivity contribution >= 4 is 40.7 Å². The van der Waals surface area contributed by atoms with Crippen LogP contribution in [0, 0.1) is 0 Å². The van der Waals surface area contributed by atoms with Gasteiger partial charge >= 0.3 is 6.36 Å². The lowest BCUT2D eigenvalue weighted by Gasteiger charge is -2.46. The van der Waals surface area contributed by atoms with E-state index in [-0.39, 0.29) is 30.7 Å². The van der Waals surface area contributed by atoms with Gasteiger partial charge in [0.2, 0.25) is 5.91 Å². The number of hydrogen-bond donors (Lipinski definition) is 1. The van der Waals surface area contributed by atoms with Crippen molar-refractivity contribution in [1.82, 2.24) is 10.2 Å². The SMILES string of the molecule is CC(=O)NC1(c2ccc(OC(F)(F)F)cc2)CCN(CCC2(c3ccc(Cl)c(Cl)c3)CN(c3ccccc3)C(=O)CO2)CC1. The maximum Gasteiger partial charge on any atom is 0.573 e. The van der Waals surface area contributed by atoms with Crippen LogP contribution in [-0.4, -0.2) is 55.9 Å². The van der Waals surface area contributed by atoms with E-state index in [9.17, 15) is 22.8 Å². The molecule has 5 rings (SSSR count). The quantitative estimate of drug-likeness (QED) is 0.295. The van der Waals surface area contributed by atoms with E-state index in [0.29, 0.717) is 54.5 Å². The van der Waals surface area contributed by atoms with Crippen LogP contribution in [0.2, 0.25) is 10.0 Å². The smallest absolute Gasteiger partial charge is 0.406 e. The van der Waals surface area contributed by atoms with Gasteiger partial charge < -0.3 is 24.6 Å². The van der Waals surface area contributed by atoms with Crippen LogP contribution in [0.1, 0.15) is 37.3 Å². The third kappa shape index (κ3) is 7.31. The number of nitrogens with zero attached hydrogens (tertiary/aromatic N) is 2. The molecule has 2 aliphatic rings. The Labute approximate surface area is 263 Å². The van der Waals surface area contributed by atoms with Crippen molar-refractivity contribution in [3.8, 4) is 5.75 Å². The van der Waals surface area contributed by atoms with Crippen molar-refractivity contribution in [3.63, 3.8) is 0 Å². The number of hydrogen-bond acceptors (Lipinski definition) is 5. The summed E-state index contributed by atoms with van der Waals surface area (Å²) in [6, 6.07) is 20.5. The minimum Gasteiger partial charge on any atom is -0.406 e. The van der Waals surface area contributed by atoms with Crippen molar-refractivity contribution in [2.24, 2.45) is 0 Å². The fraction of sp³-hybridized carbons (Fsp3) is 0.375. The number of piperidine rings is 1. The van der Waals surface area contributed by atoms with E-state index in [0.717, 1.165) is 11.3 Å². The van der Waals surface area contributed by atoms with E-state index in [4.69, 9.17) is 27.9 Å². The van der Waals surface area contributed by atoms with Crippen molar-refractivity contribution in [3.05, 3.63) is 94.0 Å². The third-order valence-corrected chi connectivity index (χ3v) is 9.04. The first-order chi connectivity index (χ1) is 20.9. The molecule has 0 radical (unpaired) electrons. The number of carbonyl (C=O) groups is 2. The molecule has 0 aliphatic carbocycles. The molecule has 44 heavy (non-hydrogen) atoms. The van der Waals surface area contributed by atoms with Crippen molar-refractivity contribution in [2.75, 3.05) is 37.7 Å². The van der Waals surface area contributed by atoms with E-state index in [1.807, 2.05) is 36.4 Å². The summed E-state index contributed by atoms with van der Waals surface area (Å²) in [5.41, 5.74) is 0.694. The van der Waals surface area contributed by atoms with Gasteiger partial charge in [-0.2, -0.15) is 0 Å².